The van der Waals surface area contributed by atoms with Gasteiger partial charge in [0.2, 0.25) is 5.91 Å². The number of hydrogen-bond acceptors (Lipinski definition) is 3. The van der Waals surface area contributed by atoms with Gasteiger partial charge in [-0.2, -0.15) is 0 Å². The second kappa shape index (κ2) is 7.70. The van der Waals surface area contributed by atoms with E-state index in [1.165, 1.54) is 0 Å². The summed E-state index contributed by atoms with van der Waals surface area (Å²) in [4.78, 5) is 23.5. The number of ether oxygens (including phenoxy) is 1. The van der Waals surface area contributed by atoms with Crippen molar-refractivity contribution in [1.82, 2.24) is 4.57 Å². The van der Waals surface area contributed by atoms with Gasteiger partial charge in [-0.1, -0.05) is 18.2 Å². The zero-order valence-electron chi connectivity index (χ0n) is 14.5. The number of methoxy groups -OCH3 is 1. The van der Waals surface area contributed by atoms with E-state index in [4.69, 9.17) is 10.5 Å². The number of carbonyl (C=O) groups is 2. The fourth-order valence-corrected chi connectivity index (χ4v) is 2.84. The molecule has 0 fully saturated rings. The van der Waals surface area contributed by atoms with Crippen molar-refractivity contribution < 1.29 is 14.3 Å². The minimum atomic E-state index is -0.338. The molecule has 0 radical (unpaired) electrons. The van der Waals surface area contributed by atoms with Crippen molar-refractivity contribution in [3.05, 3.63) is 71.9 Å². The molecule has 5 nitrogen and oxygen atoms in total. The Labute approximate surface area is 151 Å². The Bertz CT molecular complexity index is 969. The molecule has 0 spiro atoms. The van der Waals surface area contributed by atoms with E-state index in [1.54, 1.807) is 43.5 Å². The molecular weight excluding hydrogens is 328 g/mol. The van der Waals surface area contributed by atoms with Crippen molar-refractivity contribution in [3.63, 3.8) is 0 Å². The number of aromatic nitrogens is 1. The number of primary amides is 1. The summed E-state index contributed by atoms with van der Waals surface area (Å²) in [7, 11) is 1.59. The maximum Gasteiger partial charge on any atom is 0.219 e. The number of rotatable bonds is 7. The van der Waals surface area contributed by atoms with Crippen molar-refractivity contribution >= 4 is 28.7 Å². The molecule has 0 aliphatic carbocycles. The van der Waals surface area contributed by atoms with Gasteiger partial charge in [-0.15, -0.1) is 0 Å². The molecule has 1 aromatic heterocycles. The molecule has 0 aliphatic heterocycles. The van der Waals surface area contributed by atoms with Crippen molar-refractivity contribution in [2.75, 3.05) is 7.11 Å². The smallest absolute Gasteiger partial charge is 0.219 e. The summed E-state index contributed by atoms with van der Waals surface area (Å²) in [5.74, 6) is 0.291. The maximum absolute atomic E-state index is 12.4. The highest BCUT2D eigenvalue weighted by atomic mass is 16.5. The minimum Gasteiger partial charge on any atom is -0.497 e. The number of fused-ring (bicyclic) bond motifs is 1. The van der Waals surface area contributed by atoms with E-state index in [-0.39, 0.29) is 18.1 Å². The Balaban J connectivity index is 1.86. The van der Waals surface area contributed by atoms with Crippen LogP contribution in [0.3, 0.4) is 0 Å². The zero-order chi connectivity index (χ0) is 18.5. The molecule has 5 heteroatoms. The van der Waals surface area contributed by atoms with Crippen LogP contribution in [0.25, 0.3) is 17.0 Å². The third kappa shape index (κ3) is 3.83. The highest BCUT2D eigenvalue weighted by Crippen LogP contribution is 2.23. The summed E-state index contributed by atoms with van der Waals surface area (Å²) in [5.41, 5.74) is 7.78. The first-order valence-electron chi connectivity index (χ1n) is 8.31. The van der Waals surface area contributed by atoms with Crippen molar-refractivity contribution in [2.24, 2.45) is 5.73 Å². The van der Waals surface area contributed by atoms with E-state index in [9.17, 15) is 9.59 Å². The van der Waals surface area contributed by atoms with Crippen LogP contribution >= 0.6 is 0 Å². The molecule has 3 rings (SSSR count). The molecule has 0 bridgehead atoms. The molecule has 0 saturated carbocycles. The molecule has 0 saturated heterocycles. The number of amides is 1. The molecule has 26 heavy (non-hydrogen) atoms. The van der Waals surface area contributed by atoms with Crippen LogP contribution in [0.15, 0.2) is 60.8 Å². The Morgan fingerprint density at radius 2 is 1.85 bits per heavy atom. The van der Waals surface area contributed by atoms with Crippen molar-refractivity contribution in [1.29, 1.82) is 0 Å². The van der Waals surface area contributed by atoms with Crippen LogP contribution in [0.1, 0.15) is 22.3 Å². The lowest BCUT2D eigenvalue weighted by Crippen LogP contribution is -2.13. The molecule has 0 unspecified atom stereocenters. The van der Waals surface area contributed by atoms with Gasteiger partial charge in [-0.05, 0) is 42.5 Å². The van der Waals surface area contributed by atoms with Gasteiger partial charge in [0.05, 0.1) is 7.11 Å². The summed E-state index contributed by atoms with van der Waals surface area (Å²) in [5, 5.41) is 1.02. The molecule has 1 heterocycles. The van der Waals surface area contributed by atoms with Gasteiger partial charge in [0, 0.05) is 41.2 Å². The first-order chi connectivity index (χ1) is 12.6. The van der Waals surface area contributed by atoms with E-state index in [0.29, 0.717) is 17.9 Å². The monoisotopic (exact) mass is 348 g/mol. The summed E-state index contributed by atoms with van der Waals surface area (Å²) >= 11 is 0. The van der Waals surface area contributed by atoms with Gasteiger partial charge in [-0.25, -0.2) is 0 Å². The summed E-state index contributed by atoms with van der Waals surface area (Å²) in [6.45, 7) is 0.510. The fraction of sp³-hybridized carbons (Fsp3) is 0.143. The highest BCUT2D eigenvalue weighted by Gasteiger charge is 2.08. The second-order valence-electron chi connectivity index (χ2n) is 5.94. The van der Waals surface area contributed by atoms with E-state index in [1.807, 2.05) is 35.0 Å². The minimum absolute atomic E-state index is 0.0818. The van der Waals surface area contributed by atoms with Crippen LogP contribution in [0.5, 0.6) is 5.75 Å². The number of para-hydroxylation sites is 1. The largest absolute Gasteiger partial charge is 0.497 e. The Hall–Kier alpha value is -3.34. The number of nitrogens with zero attached hydrogens (tertiary/aromatic N) is 1. The van der Waals surface area contributed by atoms with Gasteiger partial charge < -0.3 is 15.0 Å². The van der Waals surface area contributed by atoms with Gasteiger partial charge in [0.15, 0.2) is 5.78 Å². The van der Waals surface area contributed by atoms with E-state index >= 15 is 0 Å². The van der Waals surface area contributed by atoms with Crippen LogP contribution in [0.2, 0.25) is 0 Å². The van der Waals surface area contributed by atoms with Crippen LogP contribution < -0.4 is 10.5 Å². The van der Waals surface area contributed by atoms with Crippen LogP contribution in [-0.2, 0) is 11.3 Å². The fourth-order valence-electron chi connectivity index (χ4n) is 2.84. The molecule has 1 amide bonds. The number of ketones is 1. The van der Waals surface area contributed by atoms with Crippen LogP contribution in [0, 0.1) is 0 Å². The molecule has 3 aromatic rings. The number of hydrogen-bond donors (Lipinski definition) is 1. The molecule has 2 N–H and O–H groups in total. The Morgan fingerprint density at radius 1 is 1.12 bits per heavy atom. The van der Waals surface area contributed by atoms with Crippen LogP contribution in [0.4, 0.5) is 0 Å². The molecule has 0 aliphatic rings. The third-order valence-electron chi connectivity index (χ3n) is 4.21. The van der Waals surface area contributed by atoms with Gasteiger partial charge in [0.1, 0.15) is 5.75 Å². The van der Waals surface area contributed by atoms with E-state index in [0.717, 1.165) is 16.5 Å². The van der Waals surface area contributed by atoms with Gasteiger partial charge in [0.25, 0.3) is 0 Å². The highest BCUT2D eigenvalue weighted by molar-refractivity contribution is 6.07. The number of carbonyl (C=O) groups excluding carboxylic acids is 2. The zero-order valence-corrected chi connectivity index (χ0v) is 14.5. The number of allylic oxidation sites excluding steroid dienone is 1. The van der Waals surface area contributed by atoms with E-state index in [2.05, 4.69) is 0 Å². The normalized spacial score (nSPS) is 11.1. The average molecular weight is 348 g/mol. The molecular formula is C21H20N2O3. The SMILES string of the molecule is COc1ccc(C(=O)/C=C/c2cn(CCC(N)=O)c3ccccc23)cc1. The standard InChI is InChI=1S/C21H20N2O3/c1-26-17-9-6-15(7-10-17)20(24)11-8-16-14-23(13-12-21(22)25)19-5-3-2-4-18(16)19/h2-11,14H,12-13H2,1H3,(H2,22,25)/b11-8+. The molecule has 132 valence electrons. The van der Waals surface area contributed by atoms with Crippen LogP contribution in [-0.4, -0.2) is 23.4 Å². The summed E-state index contributed by atoms with van der Waals surface area (Å²) in [6.07, 6.45) is 5.57. The van der Waals surface area contributed by atoms with Crippen molar-refractivity contribution in [2.45, 2.75) is 13.0 Å². The topological polar surface area (TPSA) is 74.3 Å². The lowest BCUT2D eigenvalue weighted by Gasteiger charge is -2.02. The third-order valence-corrected chi connectivity index (χ3v) is 4.21. The first-order valence-corrected chi connectivity index (χ1v) is 8.31. The van der Waals surface area contributed by atoms with Gasteiger partial charge >= 0.3 is 0 Å². The predicted molar refractivity (Wildman–Crippen MR) is 102 cm³/mol. The summed E-state index contributed by atoms with van der Waals surface area (Å²) in [6, 6.07) is 14.9. The lowest BCUT2D eigenvalue weighted by molar-refractivity contribution is -0.118. The Kier molecular flexibility index (Phi) is 5.17. The summed E-state index contributed by atoms with van der Waals surface area (Å²) < 4.78 is 7.09. The van der Waals surface area contributed by atoms with Gasteiger partial charge in [-0.3, -0.25) is 9.59 Å². The Morgan fingerprint density at radius 3 is 2.54 bits per heavy atom. The van der Waals surface area contributed by atoms with Crippen molar-refractivity contribution in [3.8, 4) is 5.75 Å². The molecule has 0 atom stereocenters. The van der Waals surface area contributed by atoms with E-state index < -0.39 is 0 Å². The quantitative estimate of drug-likeness (QED) is 0.525. The lowest BCUT2D eigenvalue weighted by atomic mass is 10.1. The number of aryl methyl sites for hydroxylation is 1. The maximum atomic E-state index is 12.4. The second-order valence-corrected chi connectivity index (χ2v) is 5.94. The number of nitrogens with two attached hydrogens (primary N) is 1. The first kappa shape index (κ1) is 17.5. The predicted octanol–water partition coefficient (Wildman–Crippen LogP) is 3.42. The average Bonchev–Trinajstić information content (AvgIpc) is 3.02. The number of benzene rings is 2. The molecule has 2 aromatic carbocycles.